The van der Waals surface area contributed by atoms with Gasteiger partial charge < -0.3 is 4.57 Å². The zero-order chi connectivity index (χ0) is 19.7. The fourth-order valence-electron chi connectivity index (χ4n) is 3.26. The molecule has 3 rings (SSSR count). The van der Waals surface area contributed by atoms with Gasteiger partial charge in [0.1, 0.15) is 5.82 Å². The molecule has 0 aliphatic carbocycles. The van der Waals surface area contributed by atoms with E-state index in [0.29, 0.717) is 13.0 Å². The standard InChI is InChI=1S/C20H27N3O2S2/c1-5-11-23-18(16-10-12-27(24,25)14-16)21-22-19(23)26-13-15-6-8-17(9-7-15)20(2,3)4/h5-9,16H,1,10-14H2,2-4H3/t16-/m0/s1. The second-order valence-corrected chi connectivity index (χ2v) is 11.2. The van der Waals surface area contributed by atoms with Crippen LogP contribution in [0, 0.1) is 0 Å². The smallest absolute Gasteiger partial charge is 0.191 e. The van der Waals surface area contributed by atoms with Crippen LogP contribution in [-0.2, 0) is 27.5 Å². The number of hydrogen-bond donors (Lipinski definition) is 0. The van der Waals surface area contributed by atoms with Gasteiger partial charge in [-0.2, -0.15) is 0 Å². The molecule has 0 unspecified atom stereocenters. The highest BCUT2D eigenvalue weighted by atomic mass is 32.2. The van der Waals surface area contributed by atoms with Crippen molar-refractivity contribution >= 4 is 21.6 Å². The Hall–Kier alpha value is -1.60. The summed E-state index contributed by atoms with van der Waals surface area (Å²) in [6.45, 7) is 11.0. The van der Waals surface area contributed by atoms with Gasteiger partial charge >= 0.3 is 0 Å². The van der Waals surface area contributed by atoms with Crippen LogP contribution in [0.2, 0.25) is 0 Å². The van der Waals surface area contributed by atoms with Crippen molar-refractivity contribution in [3.05, 3.63) is 53.9 Å². The van der Waals surface area contributed by atoms with Gasteiger partial charge in [0.15, 0.2) is 15.0 Å². The number of aromatic nitrogens is 3. The molecule has 1 fully saturated rings. The summed E-state index contributed by atoms with van der Waals surface area (Å²) in [5.41, 5.74) is 2.69. The lowest BCUT2D eigenvalue weighted by molar-refractivity contribution is 0.590. The van der Waals surface area contributed by atoms with E-state index in [0.717, 1.165) is 16.7 Å². The SMILES string of the molecule is C=CCn1c(SCc2ccc(C(C)(C)C)cc2)nnc1[C@H]1CCS(=O)(=O)C1. The minimum Gasteiger partial charge on any atom is -0.302 e. The van der Waals surface area contributed by atoms with E-state index in [1.165, 1.54) is 11.1 Å². The largest absolute Gasteiger partial charge is 0.302 e. The number of thioether (sulfide) groups is 1. The van der Waals surface area contributed by atoms with Crippen LogP contribution in [0.5, 0.6) is 0 Å². The molecular formula is C20H27N3O2S2. The molecule has 0 bridgehead atoms. The maximum Gasteiger partial charge on any atom is 0.191 e. The van der Waals surface area contributed by atoms with E-state index in [9.17, 15) is 8.42 Å². The highest BCUT2D eigenvalue weighted by Gasteiger charge is 2.33. The van der Waals surface area contributed by atoms with Crippen molar-refractivity contribution in [3.63, 3.8) is 0 Å². The van der Waals surface area contributed by atoms with Gasteiger partial charge in [0, 0.05) is 18.2 Å². The van der Waals surface area contributed by atoms with Crippen molar-refractivity contribution in [2.45, 2.75) is 56.0 Å². The van der Waals surface area contributed by atoms with E-state index in [4.69, 9.17) is 0 Å². The maximum atomic E-state index is 11.8. The van der Waals surface area contributed by atoms with Crippen LogP contribution in [0.1, 0.15) is 50.1 Å². The van der Waals surface area contributed by atoms with E-state index < -0.39 is 9.84 Å². The van der Waals surface area contributed by atoms with Crippen molar-refractivity contribution in [1.29, 1.82) is 0 Å². The van der Waals surface area contributed by atoms with Crippen molar-refractivity contribution in [2.75, 3.05) is 11.5 Å². The van der Waals surface area contributed by atoms with Gasteiger partial charge in [-0.25, -0.2) is 8.42 Å². The fraction of sp³-hybridized carbons (Fsp3) is 0.500. The molecule has 2 aromatic rings. The molecule has 5 nitrogen and oxygen atoms in total. The van der Waals surface area contributed by atoms with Gasteiger partial charge in [-0.3, -0.25) is 0 Å². The number of rotatable bonds is 6. The topological polar surface area (TPSA) is 64.8 Å². The quantitative estimate of drug-likeness (QED) is 0.538. The molecule has 1 aliphatic rings. The number of hydrogen-bond acceptors (Lipinski definition) is 5. The fourth-order valence-corrected chi connectivity index (χ4v) is 5.91. The summed E-state index contributed by atoms with van der Waals surface area (Å²) in [7, 11) is -2.95. The minimum atomic E-state index is -2.95. The number of nitrogens with zero attached hydrogens (tertiary/aromatic N) is 3. The first kappa shape index (κ1) is 20.1. The summed E-state index contributed by atoms with van der Waals surface area (Å²) in [6.07, 6.45) is 2.43. The predicted molar refractivity (Wildman–Crippen MR) is 111 cm³/mol. The van der Waals surface area contributed by atoms with Crippen molar-refractivity contribution in [1.82, 2.24) is 14.8 Å². The molecule has 0 amide bonds. The van der Waals surface area contributed by atoms with E-state index >= 15 is 0 Å². The summed E-state index contributed by atoms with van der Waals surface area (Å²) >= 11 is 1.63. The summed E-state index contributed by atoms with van der Waals surface area (Å²) in [5.74, 6) is 1.90. The molecule has 27 heavy (non-hydrogen) atoms. The first-order valence-corrected chi connectivity index (χ1v) is 12.0. The second kappa shape index (κ2) is 7.80. The average Bonchev–Trinajstić information content (AvgIpc) is 3.16. The molecule has 146 valence electrons. The third-order valence-electron chi connectivity index (χ3n) is 4.84. The highest BCUT2D eigenvalue weighted by Crippen LogP contribution is 2.31. The van der Waals surface area contributed by atoms with E-state index in [-0.39, 0.29) is 22.8 Å². The zero-order valence-electron chi connectivity index (χ0n) is 16.2. The van der Waals surface area contributed by atoms with Crippen LogP contribution in [0.15, 0.2) is 42.1 Å². The average molecular weight is 406 g/mol. The Balaban J connectivity index is 1.74. The van der Waals surface area contributed by atoms with Gasteiger partial charge in [-0.15, -0.1) is 16.8 Å². The molecule has 0 N–H and O–H groups in total. The highest BCUT2D eigenvalue weighted by molar-refractivity contribution is 7.98. The summed E-state index contributed by atoms with van der Waals surface area (Å²) < 4.78 is 25.6. The molecule has 0 spiro atoms. The molecule has 2 heterocycles. The molecule has 1 saturated heterocycles. The van der Waals surface area contributed by atoms with Crippen LogP contribution in [0.25, 0.3) is 0 Å². The monoisotopic (exact) mass is 405 g/mol. The molecule has 1 aromatic carbocycles. The predicted octanol–water partition coefficient (Wildman–Crippen LogP) is 3.96. The lowest BCUT2D eigenvalue weighted by Crippen LogP contribution is -2.11. The molecule has 0 radical (unpaired) electrons. The Labute approximate surface area is 166 Å². The van der Waals surface area contributed by atoms with Crippen LogP contribution in [0.4, 0.5) is 0 Å². The maximum absolute atomic E-state index is 11.8. The van der Waals surface area contributed by atoms with E-state index in [2.05, 4.69) is 61.8 Å². The third-order valence-corrected chi connectivity index (χ3v) is 7.65. The van der Waals surface area contributed by atoms with Gasteiger partial charge in [0.25, 0.3) is 0 Å². The third kappa shape index (κ3) is 4.82. The van der Waals surface area contributed by atoms with E-state index in [1.807, 2.05) is 4.57 Å². The van der Waals surface area contributed by atoms with Crippen LogP contribution >= 0.6 is 11.8 Å². The Morgan fingerprint density at radius 3 is 2.52 bits per heavy atom. The lowest BCUT2D eigenvalue weighted by Gasteiger charge is -2.19. The Bertz CT molecular complexity index is 910. The van der Waals surface area contributed by atoms with Gasteiger partial charge in [-0.1, -0.05) is 62.9 Å². The van der Waals surface area contributed by atoms with Crippen molar-refractivity contribution < 1.29 is 8.42 Å². The van der Waals surface area contributed by atoms with Crippen molar-refractivity contribution in [2.24, 2.45) is 0 Å². The number of sulfone groups is 1. The first-order chi connectivity index (χ1) is 12.7. The number of benzene rings is 1. The minimum absolute atomic E-state index is 0.0668. The molecular weight excluding hydrogens is 378 g/mol. The van der Waals surface area contributed by atoms with Crippen LogP contribution in [0.3, 0.4) is 0 Å². The van der Waals surface area contributed by atoms with Crippen LogP contribution in [-0.4, -0.2) is 34.7 Å². The summed E-state index contributed by atoms with van der Waals surface area (Å²) in [6, 6.07) is 8.68. The Morgan fingerprint density at radius 2 is 1.96 bits per heavy atom. The lowest BCUT2D eigenvalue weighted by atomic mass is 9.87. The zero-order valence-corrected chi connectivity index (χ0v) is 17.8. The molecule has 1 aromatic heterocycles. The Kier molecular flexibility index (Phi) is 5.82. The number of allylic oxidation sites excluding steroid dienone is 1. The summed E-state index contributed by atoms with van der Waals surface area (Å²) in [4.78, 5) is 0. The second-order valence-electron chi connectivity index (χ2n) is 8.08. The molecule has 7 heteroatoms. The normalized spacial score (nSPS) is 19.3. The van der Waals surface area contributed by atoms with E-state index in [1.54, 1.807) is 17.8 Å². The summed E-state index contributed by atoms with van der Waals surface area (Å²) in [5, 5.41) is 9.47. The van der Waals surface area contributed by atoms with Gasteiger partial charge in [0.2, 0.25) is 0 Å². The van der Waals surface area contributed by atoms with Crippen molar-refractivity contribution in [3.8, 4) is 0 Å². The van der Waals surface area contributed by atoms with Crippen LogP contribution < -0.4 is 0 Å². The molecule has 1 aliphatic heterocycles. The molecule has 0 saturated carbocycles. The van der Waals surface area contributed by atoms with Gasteiger partial charge in [0.05, 0.1) is 11.5 Å². The van der Waals surface area contributed by atoms with Gasteiger partial charge in [-0.05, 0) is 23.0 Å². The molecule has 1 atom stereocenters. The Morgan fingerprint density at radius 1 is 1.26 bits per heavy atom. The first-order valence-electron chi connectivity index (χ1n) is 9.16.